The first-order valence-corrected chi connectivity index (χ1v) is 8.32. The van der Waals surface area contributed by atoms with Gasteiger partial charge in [-0.3, -0.25) is 4.79 Å². The molecule has 0 atom stereocenters. The van der Waals surface area contributed by atoms with Gasteiger partial charge in [0, 0.05) is 23.7 Å². The lowest BCUT2D eigenvalue weighted by Gasteiger charge is -2.09. The Morgan fingerprint density at radius 3 is 2.44 bits per heavy atom. The normalized spacial score (nSPS) is 10.5. The second-order valence-corrected chi connectivity index (χ2v) is 6.05. The largest absolute Gasteiger partial charge is 0.493 e. The van der Waals surface area contributed by atoms with Crippen LogP contribution in [0.5, 0.6) is 17.2 Å². The molecule has 1 aromatic heterocycles. The van der Waals surface area contributed by atoms with Crippen molar-refractivity contribution in [2.75, 3.05) is 6.61 Å². The van der Waals surface area contributed by atoms with E-state index < -0.39 is 0 Å². The lowest BCUT2D eigenvalue weighted by Crippen LogP contribution is -2.06. The number of ether oxygens (including phenoxy) is 2. The van der Waals surface area contributed by atoms with Crippen LogP contribution in [-0.2, 0) is 6.42 Å². The Hall–Kier alpha value is -2.72. The summed E-state index contributed by atoms with van der Waals surface area (Å²) >= 11 is 6.02. The standard InChI is InChI=1S/C20H18ClNO3/c1-14-12-18(6-7-19(14)21)25-16-4-2-15(3-5-16)9-11-24-17-8-10-22-20(23)13-17/h2-8,10,12-13H,9,11H2,1H3,(H,22,23). The molecule has 2 aromatic carbocycles. The fourth-order valence-electron chi connectivity index (χ4n) is 2.34. The van der Waals surface area contributed by atoms with Gasteiger partial charge in [0.25, 0.3) is 5.56 Å². The lowest BCUT2D eigenvalue weighted by atomic mass is 10.1. The third-order valence-corrected chi connectivity index (χ3v) is 4.12. The maximum atomic E-state index is 11.2. The van der Waals surface area contributed by atoms with E-state index in [0.717, 1.165) is 34.1 Å². The molecule has 25 heavy (non-hydrogen) atoms. The monoisotopic (exact) mass is 355 g/mol. The van der Waals surface area contributed by atoms with Gasteiger partial charge in [0.1, 0.15) is 17.2 Å². The van der Waals surface area contributed by atoms with Gasteiger partial charge in [-0.15, -0.1) is 0 Å². The van der Waals surface area contributed by atoms with E-state index in [2.05, 4.69) is 4.98 Å². The summed E-state index contributed by atoms with van der Waals surface area (Å²) in [5.41, 5.74) is 1.94. The summed E-state index contributed by atoms with van der Waals surface area (Å²) in [5.74, 6) is 2.09. The molecule has 0 amide bonds. The number of pyridine rings is 1. The number of aromatic nitrogens is 1. The van der Waals surface area contributed by atoms with Gasteiger partial charge in [0.15, 0.2) is 0 Å². The van der Waals surface area contributed by atoms with Crippen LogP contribution < -0.4 is 15.0 Å². The Labute approximate surface area is 151 Å². The van der Waals surface area contributed by atoms with Crippen LogP contribution in [-0.4, -0.2) is 11.6 Å². The van der Waals surface area contributed by atoms with Crippen molar-refractivity contribution in [1.29, 1.82) is 0 Å². The van der Waals surface area contributed by atoms with Crippen LogP contribution in [0.1, 0.15) is 11.1 Å². The Balaban J connectivity index is 1.54. The maximum Gasteiger partial charge on any atom is 0.251 e. The number of rotatable bonds is 6. The van der Waals surface area contributed by atoms with Crippen molar-refractivity contribution in [3.63, 3.8) is 0 Å². The van der Waals surface area contributed by atoms with Gasteiger partial charge >= 0.3 is 0 Å². The van der Waals surface area contributed by atoms with Gasteiger partial charge in [-0.2, -0.15) is 0 Å². The average molecular weight is 356 g/mol. The van der Waals surface area contributed by atoms with Crippen LogP contribution in [0.3, 0.4) is 0 Å². The maximum absolute atomic E-state index is 11.2. The van der Waals surface area contributed by atoms with E-state index in [0.29, 0.717) is 12.4 Å². The summed E-state index contributed by atoms with van der Waals surface area (Å²) in [6.07, 6.45) is 2.31. The lowest BCUT2D eigenvalue weighted by molar-refractivity contribution is 0.321. The van der Waals surface area contributed by atoms with E-state index >= 15 is 0 Å². The predicted molar refractivity (Wildman–Crippen MR) is 99.0 cm³/mol. The molecule has 0 saturated carbocycles. The number of hydrogen-bond donors (Lipinski definition) is 1. The minimum absolute atomic E-state index is 0.170. The second kappa shape index (κ2) is 7.90. The van der Waals surface area contributed by atoms with E-state index in [-0.39, 0.29) is 5.56 Å². The SMILES string of the molecule is Cc1cc(Oc2ccc(CCOc3cc[nH]c(=O)c3)cc2)ccc1Cl. The second-order valence-electron chi connectivity index (χ2n) is 5.64. The van der Waals surface area contributed by atoms with Gasteiger partial charge < -0.3 is 14.5 Å². The molecule has 0 aliphatic rings. The zero-order valence-corrected chi connectivity index (χ0v) is 14.5. The summed E-state index contributed by atoms with van der Waals surface area (Å²) in [6.45, 7) is 2.44. The Morgan fingerprint density at radius 1 is 0.960 bits per heavy atom. The molecule has 0 aliphatic carbocycles. The van der Waals surface area contributed by atoms with Crippen LogP contribution in [0.2, 0.25) is 5.02 Å². The van der Waals surface area contributed by atoms with Crippen molar-refractivity contribution in [2.24, 2.45) is 0 Å². The fourth-order valence-corrected chi connectivity index (χ4v) is 2.46. The highest BCUT2D eigenvalue weighted by Crippen LogP contribution is 2.26. The molecule has 0 saturated heterocycles. The summed E-state index contributed by atoms with van der Waals surface area (Å²) in [7, 11) is 0. The minimum Gasteiger partial charge on any atom is -0.493 e. The van der Waals surface area contributed by atoms with Gasteiger partial charge in [0.05, 0.1) is 6.61 Å². The number of aromatic amines is 1. The first-order chi connectivity index (χ1) is 12.1. The molecule has 0 unspecified atom stereocenters. The molecule has 5 heteroatoms. The first-order valence-electron chi connectivity index (χ1n) is 7.95. The molecule has 0 radical (unpaired) electrons. The number of benzene rings is 2. The van der Waals surface area contributed by atoms with E-state index in [1.165, 1.54) is 6.07 Å². The Morgan fingerprint density at radius 2 is 1.72 bits per heavy atom. The van der Waals surface area contributed by atoms with Crippen molar-refractivity contribution in [3.8, 4) is 17.2 Å². The van der Waals surface area contributed by atoms with Crippen molar-refractivity contribution in [2.45, 2.75) is 13.3 Å². The highest BCUT2D eigenvalue weighted by Gasteiger charge is 2.02. The molecule has 0 aliphatic heterocycles. The number of aryl methyl sites for hydroxylation is 1. The molecule has 3 aromatic rings. The molecule has 1 heterocycles. The number of nitrogens with one attached hydrogen (secondary N) is 1. The number of halogens is 1. The van der Waals surface area contributed by atoms with Crippen LogP contribution in [0.15, 0.2) is 65.6 Å². The summed E-state index contributed by atoms with van der Waals surface area (Å²) < 4.78 is 11.4. The van der Waals surface area contributed by atoms with Crippen molar-refractivity contribution in [3.05, 3.63) is 87.3 Å². The third-order valence-electron chi connectivity index (χ3n) is 3.69. The smallest absolute Gasteiger partial charge is 0.251 e. The van der Waals surface area contributed by atoms with Crippen LogP contribution in [0.25, 0.3) is 0 Å². The quantitative estimate of drug-likeness (QED) is 0.694. The van der Waals surface area contributed by atoms with Crippen molar-refractivity contribution in [1.82, 2.24) is 4.98 Å². The molecule has 4 nitrogen and oxygen atoms in total. The molecular weight excluding hydrogens is 338 g/mol. The molecule has 0 spiro atoms. The van der Waals surface area contributed by atoms with E-state index in [1.807, 2.05) is 49.4 Å². The highest BCUT2D eigenvalue weighted by molar-refractivity contribution is 6.31. The van der Waals surface area contributed by atoms with E-state index in [9.17, 15) is 4.79 Å². The topological polar surface area (TPSA) is 51.3 Å². The molecule has 128 valence electrons. The van der Waals surface area contributed by atoms with Crippen molar-refractivity contribution >= 4 is 11.6 Å². The zero-order chi connectivity index (χ0) is 17.6. The highest BCUT2D eigenvalue weighted by atomic mass is 35.5. The molecule has 3 rings (SSSR count). The van der Waals surface area contributed by atoms with Gasteiger partial charge in [-0.1, -0.05) is 23.7 Å². The van der Waals surface area contributed by atoms with Crippen LogP contribution in [0, 0.1) is 6.92 Å². The third kappa shape index (κ3) is 4.88. The zero-order valence-electron chi connectivity index (χ0n) is 13.8. The van der Waals surface area contributed by atoms with E-state index in [4.69, 9.17) is 21.1 Å². The summed E-state index contributed by atoms with van der Waals surface area (Å²) in [4.78, 5) is 13.7. The molecule has 0 fully saturated rings. The van der Waals surface area contributed by atoms with Gasteiger partial charge in [0.2, 0.25) is 0 Å². The summed E-state index contributed by atoms with van der Waals surface area (Å²) in [6, 6.07) is 16.6. The van der Waals surface area contributed by atoms with Gasteiger partial charge in [-0.25, -0.2) is 0 Å². The molecule has 1 N–H and O–H groups in total. The van der Waals surface area contributed by atoms with Crippen LogP contribution >= 0.6 is 11.6 Å². The average Bonchev–Trinajstić information content (AvgIpc) is 2.60. The van der Waals surface area contributed by atoms with Crippen LogP contribution in [0.4, 0.5) is 0 Å². The predicted octanol–water partition coefficient (Wildman–Crippen LogP) is 4.75. The Bertz CT molecular complexity index is 903. The van der Waals surface area contributed by atoms with Crippen molar-refractivity contribution < 1.29 is 9.47 Å². The van der Waals surface area contributed by atoms with Gasteiger partial charge in [-0.05, 0) is 54.4 Å². The number of H-pyrrole nitrogens is 1. The van der Waals surface area contributed by atoms with E-state index in [1.54, 1.807) is 12.3 Å². The minimum atomic E-state index is -0.170. The molecule has 0 bridgehead atoms. The first kappa shape index (κ1) is 17.1. The number of hydrogen-bond acceptors (Lipinski definition) is 3. The molecular formula is C20H18ClNO3. The fraction of sp³-hybridized carbons (Fsp3) is 0.150. The Kier molecular flexibility index (Phi) is 5.41. The summed E-state index contributed by atoms with van der Waals surface area (Å²) in [5, 5.41) is 0.725.